The van der Waals surface area contributed by atoms with Crippen molar-refractivity contribution in [2.75, 3.05) is 6.61 Å². The van der Waals surface area contributed by atoms with E-state index in [0.29, 0.717) is 35.3 Å². The van der Waals surface area contributed by atoms with Crippen molar-refractivity contribution in [3.63, 3.8) is 0 Å². The van der Waals surface area contributed by atoms with Crippen LogP contribution in [0.5, 0.6) is 5.88 Å². The van der Waals surface area contributed by atoms with Crippen LogP contribution in [0.15, 0.2) is 51.7 Å². The Labute approximate surface area is 158 Å². The maximum atomic E-state index is 12.2. The molecule has 0 radical (unpaired) electrons. The lowest BCUT2D eigenvalue weighted by Gasteiger charge is -2.00. The Bertz CT molecular complexity index is 1050. The van der Waals surface area contributed by atoms with Crippen molar-refractivity contribution in [1.29, 1.82) is 0 Å². The van der Waals surface area contributed by atoms with E-state index in [-0.39, 0.29) is 24.0 Å². The summed E-state index contributed by atoms with van der Waals surface area (Å²) in [4.78, 5) is 20.6. The highest BCUT2D eigenvalue weighted by atomic mass is 16.5. The number of carbonyl (C=O) groups excluding carboxylic acids is 1. The molecule has 0 aliphatic carbocycles. The fourth-order valence-corrected chi connectivity index (χ4v) is 2.43. The summed E-state index contributed by atoms with van der Waals surface area (Å²) >= 11 is 0. The zero-order valence-corrected chi connectivity index (χ0v) is 14.9. The van der Waals surface area contributed by atoms with Gasteiger partial charge in [0.05, 0.1) is 19.4 Å². The molecule has 142 valence electrons. The molecule has 0 saturated carbocycles. The summed E-state index contributed by atoms with van der Waals surface area (Å²) in [7, 11) is 0. The molecular weight excluding hydrogens is 364 g/mol. The predicted molar refractivity (Wildman–Crippen MR) is 96.2 cm³/mol. The van der Waals surface area contributed by atoms with Gasteiger partial charge in [-0.2, -0.15) is 10.1 Å². The Morgan fingerprint density at radius 3 is 3.00 bits per heavy atom. The second-order valence-electron chi connectivity index (χ2n) is 5.66. The highest BCUT2D eigenvalue weighted by Gasteiger charge is 2.15. The Balaban J connectivity index is 1.37. The zero-order valence-electron chi connectivity index (χ0n) is 14.9. The van der Waals surface area contributed by atoms with Gasteiger partial charge in [0.2, 0.25) is 17.6 Å². The quantitative estimate of drug-likeness (QED) is 0.500. The Hall–Kier alpha value is -3.95. The van der Waals surface area contributed by atoms with Crippen molar-refractivity contribution >= 4 is 5.91 Å². The van der Waals surface area contributed by atoms with Gasteiger partial charge in [-0.15, -0.1) is 0 Å². The maximum Gasteiger partial charge on any atom is 0.272 e. The summed E-state index contributed by atoms with van der Waals surface area (Å²) in [6.07, 6.45) is 3.14. The minimum atomic E-state index is -0.378. The minimum Gasteiger partial charge on any atom is -0.478 e. The van der Waals surface area contributed by atoms with Crippen LogP contribution in [0.1, 0.15) is 23.3 Å². The number of H-pyrrole nitrogens is 1. The average molecular weight is 380 g/mol. The van der Waals surface area contributed by atoms with Crippen LogP contribution in [0.2, 0.25) is 0 Å². The van der Waals surface area contributed by atoms with Gasteiger partial charge in [-0.05, 0) is 25.1 Å². The number of amides is 1. The summed E-state index contributed by atoms with van der Waals surface area (Å²) in [5, 5.41) is 13.3. The molecule has 2 N–H and O–H groups in total. The van der Waals surface area contributed by atoms with Crippen LogP contribution >= 0.6 is 0 Å². The van der Waals surface area contributed by atoms with Gasteiger partial charge in [0.25, 0.3) is 5.91 Å². The first-order valence-electron chi connectivity index (χ1n) is 8.52. The molecule has 0 aromatic carbocycles. The molecule has 10 heteroatoms. The van der Waals surface area contributed by atoms with E-state index in [9.17, 15) is 4.79 Å². The first-order valence-corrected chi connectivity index (χ1v) is 8.52. The zero-order chi connectivity index (χ0) is 19.3. The van der Waals surface area contributed by atoms with Crippen molar-refractivity contribution in [2.45, 2.75) is 13.5 Å². The number of nitrogens with one attached hydrogen (secondary N) is 2. The lowest BCUT2D eigenvalue weighted by Crippen LogP contribution is -2.23. The molecule has 1 amide bonds. The number of aromatic nitrogens is 5. The van der Waals surface area contributed by atoms with E-state index in [1.54, 1.807) is 42.8 Å². The van der Waals surface area contributed by atoms with Crippen molar-refractivity contribution in [3.05, 3.63) is 54.4 Å². The maximum absolute atomic E-state index is 12.2. The Morgan fingerprint density at radius 1 is 1.32 bits per heavy atom. The van der Waals surface area contributed by atoms with Gasteiger partial charge in [0.15, 0.2) is 11.5 Å². The molecule has 0 unspecified atom stereocenters. The molecule has 0 atom stereocenters. The van der Waals surface area contributed by atoms with Crippen molar-refractivity contribution in [1.82, 2.24) is 30.6 Å². The number of aromatic amines is 1. The number of hydrogen-bond acceptors (Lipinski definition) is 8. The lowest BCUT2D eigenvalue weighted by atomic mass is 10.3. The first kappa shape index (κ1) is 17.5. The van der Waals surface area contributed by atoms with Crippen molar-refractivity contribution in [3.8, 4) is 28.7 Å². The van der Waals surface area contributed by atoms with Crippen LogP contribution < -0.4 is 10.1 Å². The highest BCUT2D eigenvalue weighted by Crippen LogP contribution is 2.19. The first-order chi connectivity index (χ1) is 13.7. The topological polar surface area (TPSA) is 132 Å². The number of nitrogens with zero attached hydrogens (tertiary/aromatic N) is 4. The number of hydrogen-bond donors (Lipinski definition) is 2. The van der Waals surface area contributed by atoms with Gasteiger partial charge in [0.1, 0.15) is 5.69 Å². The molecule has 0 bridgehead atoms. The van der Waals surface area contributed by atoms with Crippen LogP contribution in [0.25, 0.3) is 22.8 Å². The molecule has 10 nitrogen and oxygen atoms in total. The third-order valence-electron chi connectivity index (χ3n) is 3.75. The fraction of sp³-hybridized carbons (Fsp3) is 0.167. The summed E-state index contributed by atoms with van der Waals surface area (Å²) in [5.41, 5.74) is 1.51. The fourth-order valence-electron chi connectivity index (χ4n) is 2.43. The van der Waals surface area contributed by atoms with Crippen molar-refractivity contribution in [2.24, 2.45) is 0 Å². The van der Waals surface area contributed by atoms with Gasteiger partial charge < -0.3 is 19.0 Å². The minimum absolute atomic E-state index is 0.0687. The molecule has 0 spiro atoms. The normalized spacial score (nSPS) is 10.8. The number of furan rings is 1. The average Bonchev–Trinajstić information content (AvgIpc) is 3.48. The van der Waals surface area contributed by atoms with Crippen molar-refractivity contribution < 1.29 is 18.5 Å². The van der Waals surface area contributed by atoms with Gasteiger partial charge in [-0.1, -0.05) is 5.16 Å². The number of ether oxygens (including phenoxy) is 1. The van der Waals surface area contributed by atoms with E-state index in [0.717, 1.165) is 0 Å². The number of rotatable bonds is 7. The lowest BCUT2D eigenvalue weighted by molar-refractivity contribution is 0.0941. The largest absolute Gasteiger partial charge is 0.478 e. The Morgan fingerprint density at radius 2 is 2.25 bits per heavy atom. The second kappa shape index (κ2) is 7.74. The van der Waals surface area contributed by atoms with Crippen LogP contribution in [-0.4, -0.2) is 37.8 Å². The van der Waals surface area contributed by atoms with Crippen LogP contribution in [-0.2, 0) is 6.54 Å². The van der Waals surface area contributed by atoms with Crippen LogP contribution in [0.3, 0.4) is 0 Å². The van der Waals surface area contributed by atoms with Crippen LogP contribution in [0.4, 0.5) is 0 Å². The molecule has 0 aliphatic rings. The molecular formula is C18H16N6O4. The third-order valence-corrected chi connectivity index (χ3v) is 3.75. The van der Waals surface area contributed by atoms with E-state index in [1.165, 1.54) is 0 Å². The summed E-state index contributed by atoms with van der Waals surface area (Å²) in [5.74, 6) is 1.38. The number of pyridine rings is 1. The summed E-state index contributed by atoms with van der Waals surface area (Å²) in [6.45, 7) is 2.49. The van der Waals surface area contributed by atoms with Gasteiger partial charge in [-0.3, -0.25) is 9.89 Å². The van der Waals surface area contributed by atoms with Gasteiger partial charge in [-0.25, -0.2) is 4.98 Å². The third kappa shape index (κ3) is 3.75. The standard InChI is InChI=1S/C18H16N6O4/c1-2-26-15-6-5-11(9-19-15)17-21-16(28-24-17)10-20-18(25)13-8-12(22-23-13)14-4-3-7-27-14/h3-9H,2,10H2,1H3,(H,20,25)(H,22,23). The van der Waals surface area contributed by atoms with E-state index >= 15 is 0 Å². The van der Waals surface area contributed by atoms with E-state index in [1.807, 2.05) is 6.92 Å². The van der Waals surface area contributed by atoms with Gasteiger partial charge in [0, 0.05) is 23.9 Å². The molecule has 4 heterocycles. The summed E-state index contributed by atoms with van der Waals surface area (Å²) < 4.78 is 15.7. The van der Waals surface area contributed by atoms with E-state index in [2.05, 4.69) is 30.6 Å². The van der Waals surface area contributed by atoms with Gasteiger partial charge >= 0.3 is 0 Å². The molecule has 0 saturated heterocycles. The molecule has 4 rings (SSSR count). The molecule has 4 aromatic heterocycles. The Kier molecular flexibility index (Phi) is 4.83. The van der Waals surface area contributed by atoms with E-state index in [4.69, 9.17) is 13.7 Å². The van der Waals surface area contributed by atoms with E-state index < -0.39 is 0 Å². The number of carbonyl (C=O) groups is 1. The second-order valence-corrected chi connectivity index (χ2v) is 5.66. The molecule has 0 fully saturated rings. The summed E-state index contributed by atoms with van der Waals surface area (Å²) in [6, 6.07) is 8.63. The highest BCUT2D eigenvalue weighted by molar-refractivity contribution is 5.93. The van der Waals surface area contributed by atoms with Crippen LogP contribution in [0, 0.1) is 0 Å². The molecule has 4 aromatic rings. The molecule has 0 aliphatic heterocycles. The molecule has 28 heavy (non-hydrogen) atoms. The predicted octanol–water partition coefficient (Wildman–Crippen LogP) is 2.44. The SMILES string of the molecule is CCOc1ccc(-c2noc(CNC(=O)c3cc(-c4ccco4)[nH]n3)n2)cn1. The monoisotopic (exact) mass is 380 g/mol. The smallest absolute Gasteiger partial charge is 0.272 e.